The van der Waals surface area contributed by atoms with Crippen molar-refractivity contribution in [2.75, 3.05) is 0 Å². The molecule has 33 heavy (non-hydrogen) atoms. The highest BCUT2D eigenvalue weighted by atomic mass is 16.4. The van der Waals surface area contributed by atoms with Crippen molar-refractivity contribution in [3.05, 3.63) is 88.5 Å². The van der Waals surface area contributed by atoms with Crippen molar-refractivity contribution in [2.45, 2.75) is 6.42 Å². The third kappa shape index (κ3) is 7.40. The molecule has 0 aliphatic heterocycles. The van der Waals surface area contributed by atoms with Gasteiger partial charge in [0, 0.05) is 0 Å². The van der Waals surface area contributed by atoms with Crippen molar-refractivity contribution in [3.63, 3.8) is 0 Å². The van der Waals surface area contributed by atoms with Gasteiger partial charge in [0.15, 0.2) is 0 Å². The van der Waals surface area contributed by atoms with E-state index >= 15 is 0 Å². The number of carboxylic acids is 3. The van der Waals surface area contributed by atoms with Gasteiger partial charge in [0.2, 0.25) is 0 Å². The molecule has 10 nitrogen and oxygen atoms in total. The van der Waals surface area contributed by atoms with Gasteiger partial charge in [-0.05, 0) is 53.9 Å². The molecular formula is C23H20O10. The van der Waals surface area contributed by atoms with E-state index in [1.807, 2.05) is 6.79 Å². The summed E-state index contributed by atoms with van der Waals surface area (Å²) >= 11 is 0. The molecule has 0 bridgehead atoms. The largest absolute Gasteiger partial charge is 0.507 e. The number of carbonyl (C=O) groups excluding carboxylic acids is 1. The summed E-state index contributed by atoms with van der Waals surface area (Å²) in [5.74, 6) is -4.46. The topological polar surface area (TPSA) is 190 Å². The van der Waals surface area contributed by atoms with Crippen molar-refractivity contribution in [1.29, 1.82) is 0 Å². The van der Waals surface area contributed by atoms with Crippen molar-refractivity contribution in [3.8, 4) is 17.2 Å². The van der Waals surface area contributed by atoms with Crippen molar-refractivity contribution in [2.24, 2.45) is 0 Å². The number of hydrogen-bond acceptors (Lipinski definition) is 7. The molecule has 0 spiro atoms. The fourth-order valence-corrected chi connectivity index (χ4v) is 2.62. The standard InChI is InChI=1S/C15H12O6.C7H6O3.CH2O/c16-12-3-1-8(6-10(12)14(18)19)5-9-2-4-13(17)11(7-9)15(20)21;8-6-4-2-1-3-5(6)7(9)10;1-2/h1-4,6-7,16-17H,5H2,(H,18,19)(H,20,21);1-4,8H,(H,9,10);1H2. The van der Waals surface area contributed by atoms with E-state index in [0.29, 0.717) is 11.1 Å². The van der Waals surface area contributed by atoms with Crippen LogP contribution in [0.4, 0.5) is 0 Å². The van der Waals surface area contributed by atoms with Gasteiger partial charge in [0.1, 0.15) is 40.7 Å². The average molecular weight is 456 g/mol. The molecule has 3 aromatic rings. The molecule has 6 N–H and O–H groups in total. The Bertz CT molecular complexity index is 1090. The number of phenols is 3. The van der Waals surface area contributed by atoms with E-state index < -0.39 is 17.9 Å². The summed E-state index contributed by atoms with van der Waals surface area (Å²) in [6.45, 7) is 2.00. The summed E-state index contributed by atoms with van der Waals surface area (Å²) in [7, 11) is 0. The zero-order chi connectivity index (χ0) is 25.1. The second-order valence-electron chi connectivity index (χ2n) is 6.31. The van der Waals surface area contributed by atoms with Crippen LogP contribution in [0, 0.1) is 0 Å². The summed E-state index contributed by atoms with van der Waals surface area (Å²) in [6.07, 6.45) is 0.279. The first-order chi connectivity index (χ1) is 15.6. The third-order valence-corrected chi connectivity index (χ3v) is 4.13. The Kier molecular flexibility index (Phi) is 9.60. The Morgan fingerprint density at radius 3 is 1.27 bits per heavy atom. The molecule has 3 rings (SSSR count). The summed E-state index contributed by atoms with van der Waals surface area (Å²) in [5.41, 5.74) is 0.705. The van der Waals surface area contributed by atoms with Crippen LogP contribution >= 0.6 is 0 Å². The molecule has 0 saturated heterocycles. The van der Waals surface area contributed by atoms with Crippen LogP contribution in [-0.4, -0.2) is 55.3 Å². The van der Waals surface area contributed by atoms with E-state index in [0.717, 1.165) is 0 Å². The summed E-state index contributed by atoms with van der Waals surface area (Å²) in [6, 6.07) is 14.1. The predicted molar refractivity (Wildman–Crippen MR) is 115 cm³/mol. The predicted octanol–water partition coefficient (Wildman–Crippen LogP) is 2.99. The lowest BCUT2D eigenvalue weighted by Gasteiger charge is -2.07. The van der Waals surface area contributed by atoms with E-state index in [-0.39, 0.29) is 40.4 Å². The highest BCUT2D eigenvalue weighted by Gasteiger charge is 2.13. The minimum atomic E-state index is -1.24. The molecule has 0 unspecified atom stereocenters. The van der Waals surface area contributed by atoms with Crippen LogP contribution in [0.25, 0.3) is 0 Å². The van der Waals surface area contributed by atoms with Crippen LogP contribution in [-0.2, 0) is 11.2 Å². The SMILES string of the molecule is C=O.O=C(O)c1cc(Cc2ccc(O)c(C(=O)O)c2)ccc1O.O=C(O)c1ccccc1O. The van der Waals surface area contributed by atoms with E-state index in [1.54, 1.807) is 24.3 Å². The second-order valence-corrected chi connectivity index (χ2v) is 6.31. The maximum Gasteiger partial charge on any atom is 0.339 e. The molecular weight excluding hydrogens is 436 g/mol. The number of carboxylic acid groups (broad SMARTS) is 3. The quantitative estimate of drug-likeness (QED) is 0.333. The van der Waals surface area contributed by atoms with Gasteiger partial charge in [-0.15, -0.1) is 0 Å². The molecule has 0 fully saturated rings. The molecule has 3 aromatic carbocycles. The van der Waals surface area contributed by atoms with Gasteiger partial charge in [-0.3, -0.25) is 0 Å². The maximum atomic E-state index is 10.9. The Balaban J connectivity index is 0.000000380. The number of aromatic carboxylic acids is 3. The van der Waals surface area contributed by atoms with E-state index in [2.05, 4.69) is 0 Å². The Hall–Kier alpha value is -4.86. The van der Waals surface area contributed by atoms with Crippen molar-refractivity contribution >= 4 is 24.7 Å². The Morgan fingerprint density at radius 2 is 0.939 bits per heavy atom. The number of para-hydroxylation sites is 1. The number of hydrogen-bond donors (Lipinski definition) is 6. The first kappa shape index (κ1) is 26.2. The lowest BCUT2D eigenvalue weighted by Crippen LogP contribution is -2.01. The lowest BCUT2D eigenvalue weighted by atomic mass is 10.0. The van der Waals surface area contributed by atoms with Gasteiger partial charge < -0.3 is 35.4 Å². The minimum absolute atomic E-state index is 0.0671. The second kappa shape index (κ2) is 12.1. The summed E-state index contributed by atoms with van der Waals surface area (Å²) in [5, 5.41) is 54.0. The van der Waals surface area contributed by atoms with Gasteiger partial charge in [-0.2, -0.15) is 0 Å². The first-order valence-electron chi connectivity index (χ1n) is 9.00. The molecule has 0 aromatic heterocycles. The van der Waals surface area contributed by atoms with Crippen LogP contribution < -0.4 is 0 Å². The molecule has 0 atom stereocenters. The highest BCUT2D eigenvalue weighted by Crippen LogP contribution is 2.23. The Morgan fingerprint density at radius 1 is 0.576 bits per heavy atom. The number of rotatable bonds is 5. The zero-order valence-electron chi connectivity index (χ0n) is 17.0. The van der Waals surface area contributed by atoms with E-state index in [1.165, 1.54) is 36.4 Å². The Labute approximate surface area is 187 Å². The number of aromatic hydroxyl groups is 3. The molecule has 0 aliphatic rings. The van der Waals surface area contributed by atoms with E-state index in [4.69, 9.17) is 25.2 Å². The minimum Gasteiger partial charge on any atom is -0.507 e. The van der Waals surface area contributed by atoms with Gasteiger partial charge >= 0.3 is 17.9 Å². The normalized spacial score (nSPS) is 9.45. The van der Waals surface area contributed by atoms with Gasteiger partial charge in [0.05, 0.1) is 0 Å². The lowest BCUT2D eigenvalue weighted by molar-refractivity contribution is -0.0980. The fraction of sp³-hybridized carbons (Fsp3) is 0.0435. The van der Waals surface area contributed by atoms with Gasteiger partial charge in [0.25, 0.3) is 0 Å². The highest BCUT2D eigenvalue weighted by molar-refractivity contribution is 5.92. The monoisotopic (exact) mass is 456 g/mol. The van der Waals surface area contributed by atoms with Crippen LogP contribution in [0.15, 0.2) is 60.7 Å². The van der Waals surface area contributed by atoms with Crippen molar-refractivity contribution < 1.29 is 49.8 Å². The van der Waals surface area contributed by atoms with Crippen LogP contribution in [0.3, 0.4) is 0 Å². The fourth-order valence-electron chi connectivity index (χ4n) is 2.62. The van der Waals surface area contributed by atoms with E-state index in [9.17, 15) is 24.6 Å². The molecule has 0 aliphatic carbocycles. The smallest absolute Gasteiger partial charge is 0.339 e. The van der Waals surface area contributed by atoms with Crippen LogP contribution in [0.2, 0.25) is 0 Å². The molecule has 0 saturated carbocycles. The molecule has 0 radical (unpaired) electrons. The molecule has 10 heteroatoms. The van der Waals surface area contributed by atoms with Gasteiger partial charge in [-0.1, -0.05) is 24.3 Å². The van der Waals surface area contributed by atoms with Gasteiger partial charge in [-0.25, -0.2) is 14.4 Å². The molecule has 0 amide bonds. The third-order valence-electron chi connectivity index (χ3n) is 4.13. The molecule has 172 valence electrons. The summed E-state index contributed by atoms with van der Waals surface area (Å²) < 4.78 is 0. The maximum absolute atomic E-state index is 10.9. The average Bonchev–Trinajstić information content (AvgIpc) is 2.78. The van der Waals surface area contributed by atoms with Crippen LogP contribution in [0.1, 0.15) is 42.2 Å². The number of benzene rings is 3. The first-order valence-corrected chi connectivity index (χ1v) is 9.00. The number of carbonyl (C=O) groups is 4. The molecule has 0 heterocycles. The zero-order valence-corrected chi connectivity index (χ0v) is 17.0. The summed E-state index contributed by atoms with van der Waals surface area (Å²) in [4.78, 5) is 40.1. The van der Waals surface area contributed by atoms with Crippen LogP contribution in [0.5, 0.6) is 17.2 Å². The van der Waals surface area contributed by atoms with Crippen molar-refractivity contribution in [1.82, 2.24) is 0 Å².